The Hall–Kier alpha value is -3.26. The highest BCUT2D eigenvalue weighted by Crippen LogP contribution is 2.36. The van der Waals surface area contributed by atoms with E-state index in [2.05, 4.69) is 10.6 Å². The predicted octanol–water partition coefficient (Wildman–Crippen LogP) is 2.83. The first-order valence-electron chi connectivity index (χ1n) is 9.38. The summed E-state index contributed by atoms with van der Waals surface area (Å²) in [7, 11) is 0. The van der Waals surface area contributed by atoms with Gasteiger partial charge in [0.1, 0.15) is 25.3 Å². The molecule has 0 aliphatic carbocycles. The Morgan fingerprint density at radius 2 is 1.90 bits per heavy atom. The molecular formula is C21H20ClN3O5. The van der Waals surface area contributed by atoms with Crippen LogP contribution in [-0.2, 0) is 15.1 Å². The van der Waals surface area contributed by atoms with Gasteiger partial charge in [0.25, 0.3) is 5.91 Å². The second-order valence-corrected chi connectivity index (χ2v) is 7.72. The fourth-order valence-electron chi connectivity index (χ4n) is 3.41. The van der Waals surface area contributed by atoms with Crippen LogP contribution in [0.2, 0.25) is 5.02 Å². The SMILES string of the molecule is Cc1ccc(NC(=O)CN2C(=O)NC(C)(c3ccc4c(c3)OCCO4)C2=O)cc1Cl. The second kappa shape index (κ2) is 7.53. The summed E-state index contributed by atoms with van der Waals surface area (Å²) in [5.74, 6) is 0.0546. The van der Waals surface area contributed by atoms with Gasteiger partial charge in [0.2, 0.25) is 5.91 Å². The van der Waals surface area contributed by atoms with E-state index in [1.165, 1.54) is 0 Å². The van der Waals surface area contributed by atoms with Gasteiger partial charge in [-0.05, 0) is 49.2 Å². The highest BCUT2D eigenvalue weighted by molar-refractivity contribution is 6.31. The van der Waals surface area contributed by atoms with Gasteiger partial charge in [-0.3, -0.25) is 14.5 Å². The van der Waals surface area contributed by atoms with Crippen molar-refractivity contribution in [2.24, 2.45) is 0 Å². The van der Waals surface area contributed by atoms with Gasteiger partial charge in [-0.2, -0.15) is 0 Å². The lowest BCUT2D eigenvalue weighted by atomic mass is 9.91. The molecule has 0 bridgehead atoms. The highest BCUT2D eigenvalue weighted by atomic mass is 35.5. The lowest BCUT2D eigenvalue weighted by Gasteiger charge is -2.25. The molecule has 1 fully saturated rings. The van der Waals surface area contributed by atoms with Crippen LogP contribution in [0.25, 0.3) is 0 Å². The number of ether oxygens (including phenoxy) is 2. The van der Waals surface area contributed by atoms with Gasteiger partial charge in [0.05, 0.1) is 0 Å². The first-order chi connectivity index (χ1) is 14.3. The van der Waals surface area contributed by atoms with Crippen LogP contribution >= 0.6 is 11.6 Å². The number of urea groups is 1. The van der Waals surface area contributed by atoms with Crippen molar-refractivity contribution in [3.63, 3.8) is 0 Å². The average molecular weight is 430 g/mol. The molecule has 0 radical (unpaired) electrons. The molecule has 0 spiro atoms. The molecule has 30 heavy (non-hydrogen) atoms. The van der Waals surface area contributed by atoms with E-state index >= 15 is 0 Å². The molecule has 9 heteroatoms. The Balaban J connectivity index is 1.50. The summed E-state index contributed by atoms with van der Waals surface area (Å²) >= 11 is 6.07. The minimum atomic E-state index is -1.32. The maximum absolute atomic E-state index is 13.1. The van der Waals surface area contributed by atoms with Crippen molar-refractivity contribution in [1.29, 1.82) is 0 Å². The Morgan fingerprint density at radius 1 is 1.17 bits per heavy atom. The van der Waals surface area contributed by atoms with Crippen LogP contribution in [0.5, 0.6) is 11.5 Å². The quantitative estimate of drug-likeness (QED) is 0.728. The minimum absolute atomic E-state index is 0.406. The maximum atomic E-state index is 13.1. The number of nitrogens with zero attached hydrogens (tertiary/aromatic N) is 1. The summed E-state index contributed by atoms with van der Waals surface area (Å²) in [4.78, 5) is 38.9. The van der Waals surface area contributed by atoms with Crippen molar-refractivity contribution in [1.82, 2.24) is 10.2 Å². The molecule has 2 heterocycles. The van der Waals surface area contributed by atoms with Crippen molar-refractivity contribution in [3.8, 4) is 11.5 Å². The number of nitrogens with one attached hydrogen (secondary N) is 2. The van der Waals surface area contributed by atoms with Crippen LogP contribution in [-0.4, -0.2) is 42.5 Å². The molecule has 8 nitrogen and oxygen atoms in total. The molecule has 2 aliphatic rings. The van der Waals surface area contributed by atoms with E-state index in [1.807, 2.05) is 6.92 Å². The molecule has 4 rings (SSSR count). The summed E-state index contributed by atoms with van der Waals surface area (Å²) in [5, 5.41) is 5.84. The summed E-state index contributed by atoms with van der Waals surface area (Å²) in [6, 6.07) is 9.50. The largest absolute Gasteiger partial charge is 0.486 e. The van der Waals surface area contributed by atoms with Crippen molar-refractivity contribution < 1.29 is 23.9 Å². The molecule has 1 unspecified atom stereocenters. The van der Waals surface area contributed by atoms with Crippen molar-refractivity contribution in [2.75, 3.05) is 25.1 Å². The third-order valence-electron chi connectivity index (χ3n) is 5.15. The van der Waals surface area contributed by atoms with Crippen LogP contribution < -0.4 is 20.1 Å². The normalized spacial score (nSPS) is 20.2. The third kappa shape index (κ3) is 3.54. The average Bonchev–Trinajstić information content (AvgIpc) is 2.94. The number of carbonyl (C=O) groups is 3. The topological polar surface area (TPSA) is 97.0 Å². The summed E-state index contributed by atoms with van der Waals surface area (Å²) in [5.41, 5.74) is 0.579. The lowest BCUT2D eigenvalue weighted by molar-refractivity contribution is -0.133. The van der Waals surface area contributed by atoms with Gasteiger partial charge in [0, 0.05) is 10.7 Å². The molecule has 156 valence electrons. The Bertz CT molecular complexity index is 1060. The predicted molar refractivity (Wildman–Crippen MR) is 110 cm³/mol. The van der Waals surface area contributed by atoms with Crippen LogP contribution in [0.4, 0.5) is 10.5 Å². The zero-order valence-corrected chi connectivity index (χ0v) is 17.2. The van der Waals surface area contributed by atoms with Gasteiger partial charge in [-0.25, -0.2) is 4.79 Å². The molecule has 2 aromatic carbocycles. The second-order valence-electron chi connectivity index (χ2n) is 7.32. The molecule has 2 N–H and O–H groups in total. The summed E-state index contributed by atoms with van der Waals surface area (Å²) < 4.78 is 11.1. The van der Waals surface area contributed by atoms with E-state index in [9.17, 15) is 14.4 Å². The van der Waals surface area contributed by atoms with E-state index in [0.29, 0.717) is 41.0 Å². The fourth-order valence-corrected chi connectivity index (χ4v) is 3.59. The first-order valence-corrected chi connectivity index (χ1v) is 9.76. The van der Waals surface area contributed by atoms with E-state index < -0.39 is 29.9 Å². The van der Waals surface area contributed by atoms with Crippen molar-refractivity contribution >= 4 is 35.1 Å². The Labute approximate surface area is 178 Å². The standard InChI is InChI=1S/C21H20ClN3O5/c1-12-3-5-14(10-15(12)22)23-18(26)11-25-19(27)21(2,24-20(25)28)13-4-6-16-17(9-13)30-8-7-29-16/h3-6,9-10H,7-8,11H2,1-2H3,(H,23,26)(H,24,28). The minimum Gasteiger partial charge on any atom is -0.486 e. The van der Waals surface area contributed by atoms with Crippen LogP contribution in [0, 0.1) is 6.92 Å². The number of aryl methyl sites for hydroxylation is 1. The number of anilines is 1. The number of rotatable bonds is 4. The van der Waals surface area contributed by atoms with E-state index in [0.717, 1.165) is 10.5 Å². The maximum Gasteiger partial charge on any atom is 0.325 e. The zero-order chi connectivity index (χ0) is 21.5. The third-order valence-corrected chi connectivity index (χ3v) is 5.56. The zero-order valence-electron chi connectivity index (χ0n) is 16.5. The Morgan fingerprint density at radius 3 is 2.63 bits per heavy atom. The van der Waals surface area contributed by atoms with E-state index in [1.54, 1.807) is 43.3 Å². The summed E-state index contributed by atoms with van der Waals surface area (Å²) in [6.07, 6.45) is 0. The van der Waals surface area contributed by atoms with Gasteiger partial charge in [-0.15, -0.1) is 0 Å². The molecule has 1 saturated heterocycles. The number of halogens is 1. The molecule has 1 atom stereocenters. The fraction of sp³-hybridized carbons (Fsp3) is 0.286. The monoisotopic (exact) mass is 429 g/mol. The van der Waals surface area contributed by atoms with Gasteiger partial charge in [0.15, 0.2) is 11.5 Å². The number of amides is 4. The molecule has 0 aromatic heterocycles. The number of benzene rings is 2. The molecular weight excluding hydrogens is 410 g/mol. The highest BCUT2D eigenvalue weighted by Gasteiger charge is 2.49. The number of carbonyl (C=O) groups excluding carboxylic acids is 3. The van der Waals surface area contributed by atoms with Crippen LogP contribution in [0.3, 0.4) is 0 Å². The lowest BCUT2D eigenvalue weighted by Crippen LogP contribution is -2.42. The van der Waals surface area contributed by atoms with Crippen molar-refractivity contribution in [2.45, 2.75) is 19.4 Å². The molecule has 0 saturated carbocycles. The Kier molecular flexibility index (Phi) is 5.03. The van der Waals surface area contributed by atoms with Crippen LogP contribution in [0.1, 0.15) is 18.1 Å². The van der Waals surface area contributed by atoms with E-state index in [-0.39, 0.29) is 0 Å². The number of imide groups is 1. The van der Waals surface area contributed by atoms with Gasteiger partial charge in [-0.1, -0.05) is 23.7 Å². The number of hydrogen-bond donors (Lipinski definition) is 2. The molecule has 2 aromatic rings. The number of hydrogen-bond acceptors (Lipinski definition) is 5. The van der Waals surface area contributed by atoms with Gasteiger partial charge >= 0.3 is 6.03 Å². The smallest absolute Gasteiger partial charge is 0.325 e. The van der Waals surface area contributed by atoms with E-state index in [4.69, 9.17) is 21.1 Å². The summed E-state index contributed by atoms with van der Waals surface area (Å²) in [6.45, 7) is 3.88. The number of fused-ring (bicyclic) bond motifs is 1. The van der Waals surface area contributed by atoms with Crippen LogP contribution in [0.15, 0.2) is 36.4 Å². The van der Waals surface area contributed by atoms with Crippen molar-refractivity contribution in [3.05, 3.63) is 52.5 Å². The molecule has 2 aliphatic heterocycles. The molecule has 4 amide bonds. The first kappa shape index (κ1) is 20.0. The van der Waals surface area contributed by atoms with Gasteiger partial charge < -0.3 is 20.1 Å².